The zero-order valence-electron chi connectivity index (χ0n) is 13.2. The third-order valence-electron chi connectivity index (χ3n) is 3.33. The molecule has 6 heteroatoms. The first-order valence-electron chi connectivity index (χ1n) is 6.91. The van der Waals surface area contributed by atoms with Gasteiger partial charge in [0.2, 0.25) is 0 Å². The number of nitrogens with one attached hydrogen (secondary N) is 1. The lowest BCUT2D eigenvalue weighted by Crippen LogP contribution is -2.23. The maximum Gasteiger partial charge on any atom is 0.251 e. The first kappa shape index (κ1) is 17.4. The summed E-state index contributed by atoms with van der Waals surface area (Å²) in [5.74, 6) is 1.68. The molecule has 5 nitrogen and oxygen atoms in total. The fraction of sp³-hybridized carbons (Fsp3) is 0.235. The van der Waals surface area contributed by atoms with E-state index in [1.165, 1.54) is 0 Å². The number of hydrogen-bond donors (Lipinski definition) is 1. The lowest BCUT2D eigenvalue weighted by atomic mass is 10.1. The molecule has 23 heavy (non-hydrogen) atoms. The van der Waals surface area contributed by atoms with E-state index in [1.54, 1.807) is 39.5 Å². The molecule has 0 aliphatic heterocycles. The normalized spacial score (nSPS) is 10.1. The Morgan fingerprint density at radius 3 is 2.22 bits per heavy atom. The number of hydrogen-bond acceptors (Lipinski definition) is 4. The fourth-order valence-electron chi connectivity index (χ4n) is 2.15. The van der Waals surface area contributed by atoms with Crippen LogP contribution in [-0.2, 0) is 6.54 Å². The average Bonchev–Trinajstić information content (AvgIpc) is 2.58. The third kappa shape index (κ3) is 4.28. The highest BCUT2D eigenvalue weighted by Crippen LogP contribution is 2.33. The summed E-state index contributed by atoms with van der Waals surface area (Å²) < 4.78 is 17.0. The summed E-state index contributed by atoms with van der Waals surface area (Å²) in [5, 5.41) is 2.89. The predicted octanol–water partition coefficient (Wildman–Crippen LogP) is 3.25. The van der Waals surface area contributed by atoms with Gasteiger partial charge in [0, 0.05) is 21.3 Å². The topological polar surface area (TPSA) is 56.8 Å². The van der Waals surface area contributed by atoms with E-state index < -0.39 is 0 Å². The van der Waals surface area contributed by atoms with Gasteiger partial charge in [-0.25, -0.2) is 0 Å². The number of carbonyl (C=O) groups is 1. The molecule has 0 aliphatic rings. The molecule has 0 bridgehead atoms. The monoisotopic (exact) mass is 427 g/mol. The number of methoxy groups -OCH3 is 3. The Kier molecular flexibility index (Phi) is 6.09. The predicted molar refractivity (Wildman–Crippen MR) is 96.4 cm³/mol. The molecule has 0 heterocycles. The van der Waals surface area contributed by atoms with Crippen LogP contribution in [-0.4, -0.2) is 27.2 Å². The van der Waals surface area contributed by atoms with E-state index in [9.17, 15) is 4.79 Å². The molecule has 2 aromatic carbocycles. The summed E-state index contributed by atoms with van der Waals surface area (Å²) >= 11 is 2.18. The smallest absolute Gasteiger partial charge is 0.251 e. The van der Waals surface area contributed by atoms with Crippen LogP contribution in [0, 0.1) is 3.57 Å². The summed E-state index contributed by atoms with van der Waals surface area (Å²) in [4.78, 5) is 12.3. The van der Waals surface area contributed by atoms with E-state index in [-0.39, 0.29) is 5.91 Å². The summed E-state index contributed by atoms with van der Waals surface area (Å²) in [7, 11) is 4.71. The molecule has 0 aliphatic carbocycles. The Labute approximate surface area is 149 Å². The minimum atomic E-state index is -0.150. The van der Waals surface area contributed by atoms with Crippen LogP contribution in [0.1, 0.15) is 15.9 Å². The number of amides is 1. The Morgan fingerprint density at radius 2 is 1.70 bits per heavy atom. The van der Waals surface area contributed by atoms with Gasteiger partial charge in [0.05, 0.1) is 33.4 Å². The molecule has 0 unspecified atom stereocenters. The molecule has 122 valence electrons. The summed E-state index contributed by atoms with van der Waals surface area (Å²) in [6.07, 6.45) is 0. The fourth-order valence-corrected chi connectivity index (χ4v) is 2.70. The van der Waals surface area contributed by atoms with Crippen molar-refractivity contribution in [2.75, 3.05) is 21.3 Å². The van der Waals surface area contributed by atoms with Gasteiger partial charge in [-0.2, -0.15) is 0 Å². The molecule has 1 N–H and O–H groups in total. The van der Waals surface area contributed by atoms with Crippen molar-refractivity contribution >= 4 is 28.5 Å². The molecular formula is C17H18INO4. The number of rotatable bonds is 6. The van der Waals surface area contributed by atoms with E-state index in [1.807, 2.05) is 18.2 Å². The molecular weight excluding hydrogens is 409 g/mol. The Balaban J connectivity index is 2.21. The van der Waals surface area contributed by atoms with Crippen molar-refractivity contribution < 1.29 is 19.0 Å². The molecule has 0 spiro atoms. The van der Waals surface area contributed by atoms with E-state index in [0.717, 1.165) is 9.13 Å². The Bertz CT molecular complexity index is 678. The summed E-state index contributed by atoms with van der Waals surface area (Å²) in [6.45, 7) is 0.292. The Morgan fingerprint density at radius 1 is 1.04 bits per heavy atom. The second-order valence-corrected chi connectivity index (χ2v) is 5.95. The largest absolute Gasteiger partial charge is 0.496 e. The molecule has 0 fully saturated rings. The molecule has 2 rings (SSSR count). The van der Waals surface area contributed by atoms with Crippen molar-refractivity contribution in [3.63, 3.8) is 0 Å². The zero-order chi connectivity index (χ0) is 16.8. The van der Waals surface area contributed by atoms with Crippen LogP contribution in [0.4, 0.5) is 0 Å². The lowest BCUT2D eigenvalue weighted by molar-refractivity contribution is 0.0950. The molecule has 1 amide bonds. The van der Waals surface area contributed by atoms with E-state index >= 15 is 0 Å². The van der Waals surface area contributed by atoms with Gasteiger partial charge in [0.15, 0.2) is 0 Å². The first-order chi connectivity index (χ1) is 11.1. The summed E-state index contributed by atoms with van der Waals surface area (Å²) in [5.41, 5.74) is 1.37. The van der Waals surface area contributed by atoms with Crippen molar-refractivity contribution in [2.45, 2.75) is 6.54 Å². The molecule has 0 radical (unpaired) electrons. The van der Waals surface area contributed by atoms with E-state index in [4.69, 9.17) is 14.2 Å². The molecule has 0 aromatic heterocycles. The van der Waals surface area contributed by atoms with E-state index in [2.05, 4.69) is 27.9 Å². The van der Waals surface area contributed by atoms with Crippen LogP contribution in [0.3, 0.4) is 0 Å². The first-order valence-corrected chi connectivity index (χ1v) is 7.99. The van der Waals surface area contributed by atoms with Crippen LogP contribution in [0.5, 0.6) is 17.2 Å². The Hall–Kier alpha value is -1.96. The van der Waals surface area contributed by atoms with Crippen LogP contribution in [0.25, 0.3) is 0 Å². The van der Waals surface area contributed by atoms with Crippen molar-refractivity contribution in [2.24, 2.45) is 0 Å². The maximum absolute atomic E-state index is 12.3. The van der Waals surface area contributed by atoms with Crippen molar-refractivity contribution in [1.29, 1.82) is 0 Å². The number of halogens is 1. The van der Waals surface area contributed by atoms with Crippen molar-refractivity contribution in [3.05, 3.63) is 51.1 Å². The van der Waals surface area contributed by atoms with Crippen LogP contribution in [0.15, 0.2) is 36.4 Å². The lowest BCUT2D eigenvalue weighted by Gasteiger charge is -2.15. The van der Waals surface area contributed by atoms with Crippen LogP contribution >= 0.6 is 22.6 Å². The third-order valence-corrected chi connectivity index (χ3v) is 4.00. The van der Waals surface area contributed by atoms with Gasteiger partial charge < -0.3 is 19.5 Å². The van der Waals surface area contributed by atoms with Gasteiger partial charge in [-0.05, 0) is 40.8 Å². The molecule has 0 atom stereocenters. The minimum absolute atomic E-state index is 0.150. The van der Waals surface area contributed by atoms with E-state index in [0.29, 0.717) is 29.4 Å². The van der Waals surface area contributed by atoms with Gasteiger partial charge in [-0.3, -0.25) is 4.79 Å². The molecule has 2 aromatic rings. The summed E-state index contributed by atoms with van der Waals surface area (Å²) in [6, 6.07) is 10.9. The van der Waals surface area contributed by atoms with Crippen molar-refractivity contribution in [1.82, 2.24) is 5.32 Å². The number of benzene rings is 2. The number of carbonyl (C=O) groups excluding carboxylic acids is 1. The average molecular weight is 427 g/mol. The number of ether oxygens (including phenoxy) is 3. The minimum Gasteiger partial charge on any atom is -0.496 e. The second kappa shape index (κ2) is 8.05. The zero-order valence-corrected chi connectivity index (χ0v) is 15.3. The molecule has 0 saturated carbocycles. The second-order valence-electron chi connectivity index (χ2n) is 4.70. The van der Waals surface area contributed by atoms with Gasteiger partial charge in [0.25, 0.3) is 5.91 Å². The van der Waals surface area contributed by atoms with Gasteiger partial charge >= 0.3 is 0 Å². The quantitative estimate of drug-likeness (QED) is 0.720. The van der Waals surface area contributed by atoms with Gasteiger partial charge in [-0.1, -0.05) is 6.07 Å². The van der Waals surface area contributed by atoms with Crippen LogP contribution < -0.4 is 19.5 Å². The molecule has 0 saturated heterocycles. The van der Waals surface area contributed by atoms with Crippen LogP contribution in [0.2, 0.25) is 0 Å². The highest BCUT2D eigenvalue weighted by molar-refractivity contribution is 14.1. The van der Waals surface area contributed by atoms with Crippen molar-refractivity contribution in [3.8, 4) is 17.2 Å². The maximum atomic E-state index is 12.3. The highest BCUT2D eigenvalue weighted by atomic mass is 127. The SMILES string of the molecule is COc1cc(OC)c(CNC(=O)c2cccc(I)c2)c(OC)c1. The van der Waals surface area contributed by atoms with Gasteiger partial charge in [0.1, 0.15) is 17.2 Å². The standard InChI is InChI=1S/C17H18INO4/c1-21-13-8-15(22-2)14(16(9-13)23-3)10-19-17(20)11-5-4-6-12(18)7-11/h4-9H,10H2,1-3H3,(H,19,20). The highest BCUT2D eigenvalue weighted by Gasteiger charge is 2.15. The van der Waals surface area contributed by atoms with Gasteiger partial charge in [-0.15, -0.1) is 0 Å².